The molecule has 0 saturated heterocycles. The monoisotopic (exact) mass is 184 g/mol. The number of rotatable bonds is 2. The van der Waals surface area contributed by atoms with Gasteiger partial charge in [-0.15, -0.1) is 0 Å². The molecular weight excluding hydrogens is 164 g/mol. The first kappa shape index (κ1) is 10.4. The Morgan fingerprint density at radius 3 is 2.38 bits per heavy atom. The van der Waals surface area contributed by atoms with Crippen molar-refractivity contribution in [2.75, 3.05) is 14.1 Å². The molecule has 1 aliphatic rings. The summed E-state index contributed by atoms with van der Waals surface area (Å²) in [5.41, 5.74) is 0.325. The largest absolute Gasteiger partial charge is 0.335 e. The molecular formula is C10H20N2O. The molecule has 0 aromatic rings. The molecule has 1 aliphatic carbocycles. The van der Waals surface area contributed by atoms with Crippen molar-refractivity contribution in [3.8, 4) is 0 Å². The van der Waals surface area contributed by atoms with E-state index in [4.69, 9.17) is 0 Å². The minimum atomic E-state index is 0.0226. The number of carbonyl (C=O) groups is 1. The van der Waals surface area contributed by atoms with E-state index in [9.17, 15) is 4.79 Å². The van der Waals surface area contributed by atoms with E-state index in [1.54, 1.807) is 19.0 Å². The van der Waals surface area contributed by atoms with E-state index < -0.39 is 0 Å². The van der Waals surface area contributed by atoms with E-state index in [1.165, 1.54) is 0 Å². The average molecular weight is 184 g/mol. The highest BCUT2D eigenvalue weighted by Gasteiger charge is 2.52. The molecule has 1 saturated carbocycles. The zero-order chi connectivity index (χ0) is 10.2. The second-order valence-electron chi connectivity index (χ2n) is 4.76. The summed E-state index contributed by atoms with van der Waals surface area (Å²) in [7, 11) is 3.54. The third kappa shape index (κ3) is 1.95. The molecule has 0 spiro atoms. The summed E-state index contributed by atoms with van der Waals surface area (Å²) >= 11 is 0. The van der Waals surface area contributed by atoms with Crippen molar-refractivity contribution in [2.24, 2.45) is 11.3 Å². The van der Waals surface area contributed by atoms with Crippen molar-refractivity contribution in [3.05, 3.63) is 0 Å². The summed E-state index contributed by atoms with van der Waals surface area (Å²) in [5.74, 6) is 0.639. The van der Waals surface area contributed by atoms with E-state index in [0.717, 1.165) is 6.42 Å². The molecule has 0 bridgehead atoms. The van der Waals surface area contributed by atoms with Crippen molar-refractivity contribution in [1.82, 2.24) is 10.2 Å². The van der Waals surface area contributed by atoms with Crippen LogP contribution in [0.2, 0.25) is 0 Å². The zero-order valence-corrected chi connectivity index (χ0v) is 9.22. The van der Waals surface area contributed by atoms with Gasteiger partial charge in [0.2, 0.25) is 0 Å². The van der Waals surface area contributed by atoms with Crippen LogP contribution in [0, 0.1) is 11.3 Å². The first-order valence-electron chi connectivity index (χ1n) is 4.85. The Labute approximate surface area is 80.5 Å². The van der Waals surface area contributed by atoms with Gasteiger partial charge in [-0.2, -0.15) is 0 Å². The number of amides is 2. The molecule has 0 aromatic carbocycles. The summed E-state index contributed by atoms with van der Waals surface area (Å²) in [4.78, 5) is 12.9. The van der Waals surface area contributed by atoms with Gasteiger partial charge in [0.25, 0.3) is 0 Å². The van der Waals surface area contributed by atoms with E-state index >= 15 is 0 Å². The second-order valence-corrected chi connectivity index (χ2v) is 4.76. The smallest absolute Gasteiger partial charge is 0.317 e. The van der Waals surface area contributed by atoms with Crippen LogP contribution < -0.4 is 5.32 Å². The fourth-order valence-corrected chi connectivity index (χ4v) is 1.51. The third-order valence-electron chi connectivity index (χ3n) is 3.30. The number of nitrogens with one attached hydrogen (secondary N) is 1. The molecule has 2 unspecified atom stereocenters. The maximum Gasteiger partial charge on any atom is 0.317 e. The average Bonchev–Trinajstić information content (AvgIpc) is 2.63. The number of hydrogen-bond donors (Lipinski definition) is 1. The van der Waals surface area contributed by atoms with Crippen LogP contribution in [0.1, 0.15) is 27.2 Å². The van der Waals surface area contributed by atoms with Crippen LogP contribution in [0.3, 0.4) is 0 Å². The molecule has 0 aromatic heterocycles. The minimum Gasteiger partial charge on any atom is -0.335 e. The molecule has 1 fully saturated rings. The molecule has 1 rings (SSSR count). The minimum absolute atomic E-state index is 0.0226. The zero-order valence-electron chi connectivity index (χ0n) is 9.22. The van der Waals surface area contributed by atoms with E-state index in [-0.39, 0.29) is 6.03 Å². The molecule has 3 heteroatoms. The Kier molecular flexibility index (Phi) is 2.55. The standard InChI is InChI=1S/C10H20N2O/c1-7(2)10(3)6-8(10)11-9(13)12(4)5/h7-8H,6H2,1-5H3,(H,11,13). The lowest BCUT2D eigenvalue weighted by Crippen LogP contribution is -2.38. The lowest BCUT2D eigenvalue weighted by Gasteiger charge is -2.18. The van der Waals surface area contributed by atoms with Gasteiger partial charge in [-0.3, -0.25) is 0 Å². The van der Waals surface area contributed by atoms with Gasteiger partial charge in [-0.25, -0.2) is 4.79 Å². The highest BCUT2D eigenvalue weighted by Crippen LogP contribution is 2.51. The predicted molar refractivity (Wildman–Crippen MR) is 53.6 cm³/mol. The fourth-order valence-electron chi connectivity index (χ4n) is 1.51. The summed E-state index contributed by atoms with van der Waals surface area (Å²) in [6, 6.07) is 0.400. The van der Waals surface area contributed by atoms with Gasteiger partial charge in [-0.05, 0) is 17.8 Å². The molecule has 13 heavy (non-hydrogen) atoms. The normalized spacial score (nSPS) is 31.7. The molecule has 0 aliphatic heterocycles. The van der Waals surface area contributed by atoms with Crippen molar-refractivity contribution in [2.45, 2.75) is 33.2 Å². The van der Waals surface area contributed by atoms with Crippen LogP contribution in [0.5, 0.6) is 0 Å². The highest BCUT2D eigenvalue weighted by molar-refractivity contribution is 5.74. The van der Waals surface area contributed by atoms with Crippen molar-refractivity contribution >= 4 is 6.03 Å². The summed E-state index contributed by atoms with van der Waals surface area (Å²) in [6.07, 6.45) is 1.12. The van der Waals surface area contributed by atoms with Gasteiger partial charge in [0.05, 0.1) is 0 Å². The third-order valence-corrected chi connectivity index (χ3v) is 3.30. The summed E-state index contributed by atoms with van der Waals surface area (Å²) in [6.45, 7) is 6.65. The maximum absolute atomic E-state index is 11.3. The van der Waals surface area contributed by atoms with Gasteiger partial charge in [0, 0.05) is 20.1 Å². The molecule has 0 radical (unpaired) electrons. The summed E-state index contributed by atoms with van der Waals surface area (Å²) < 4.78 is 0. The Bertz CT molecular complexity index is 213. The highest BCUT2D eigenvalue weighted by atomic mass is 16.2. The molecule has 2 amide bonds. The SMILES string of the molecule is CC(C)C1(C)CC1NC(=O)N(C)C. The summed E-state index contributed by atoms with van der Waals surface area (Å²) in [5, 5.41) is 3.01. The van der Waals surface area contributed by atoms with Gasteiger partial charge in [0.15, 0.2) is 0 Å². The molecule has 2 atom stereocenters. The van der Waals surface area contributed by atoms with E-state index in [2.05, 4.69) is 26.1 Å². The number of urea groups is 1. The fraction of sp³-hybridized carbons (Fsp3) is 0.900. The van der Waals surface area contributed by atoms with Gasteiger partial charge in [-0.1, -0.05) is 20.8 Å². The molecule has 0 heterocycles. The Morgan fingerprint density at radius 1 is 1.54 bits per heavy atom. The maximum atomic E-state index is 11.3. The van der Waals surface area contributed by atoms with Crippen LogP contribution in [-0.2, 0) is 0 Å². The van der Waals surface area contributed by atoms with Gasteiger partial charge >= 0.3 is 6.03 Å². The number of nitrogens with zero attached hydrogens (tertiary/aromatic N) is 1. The number of carbonyl (C=O) groups excluding carboxylic acids is 1. The first-order chi connectivity index (χ1) is 5.88. The Balaban J connectivity index is 2.40. The van der Waals surface area contributed by atoms with E-state index in [1.807, 2.05) is 0 Å². The van der Waals surface area contributed by atoms with Crippen LogP contribution in [0.4, 0.5) is 4.79 Å². The quantitative estimate of drug-likeness (QED) is 0.696. The molecule has 3 nitrogen and oxygen atoms in total. The van der Waals surface area contributed by atoms with Crippen molar-refractivity contribution in [3.63, 3.8) is 0 Å². The molecule has 1 N–H and O–H groups in total. The van der Waals surface area contributed by atoms with Crippen LogP contribution in [0.25, 0.3) is 0 Å². The van der Waals surface area contributed by atoms with Gasteiger partial charge < -0.3 is 10.2 Å². The lowest BCUT2D eigenvalue weighted by atomic mass is 9.94. The Morgan fingerprint density at radius 2 is 2.08 bits per heavy atom. The number of hydrogen-bond acceptors (Lipinski definition) is 1. The van der Waals surface area contributed by atoms with Gasteiger partial charge in [0.1, 0.15) is 0 Å². The second kappa shape index (κ2) is 3.20. The molecule has 76 valence electrons. The van der Waals surface area contributed by atoms with E-state index in [0.29, 0.717) is 17.4 Å². The first-order valence-corrected chi connectivity index (χ1v) is 4.85. The van der Waals surface area contributed by atoms with Crippen LogP contribution >= 0.6 is 0 Å². The Hall–Kier alpha value is -0.730. The van der Waals surface area contributed by atoms with Crippen LogP contribution in [0.15, 0.2) is 0 Å². The van der Waals surface area contributed by atoms with Crippen molar-refractivity contribution in [1.29, 1.82) is 0 Å². The van der Waals surface area contributed by atoms with Crippen molar-refractivity contribution < 1.29 is 4.79 Å². The lowest BCUT2D eigenvalue weighted by molar-refractivity contribution is 0.214. The predicted octanol–water partition coefficient (Wildman–Crippen LogP) is 1.69. The topological polar surface area (TPSA) is 32.3 Å². The van der Waals surface area contributed by atoms with Crippen LogP contribution in [-0.4, -0.2) is 31.1 Å².